The summed E-state index contributed by atoms with van der Waals surface area (Å²) in [6.45, 7) is 0. The smallest absolute Gasteiger partial charge is 0.405 e. The third kappa shape index (κ3) is 2.90. The van der Waals surface area contributed by atoms with Crippen molar-refractivity contribution in [1.82, 2.24) is 5.32 Å². The van der Waals surface area contributed by atoms with Crippen LogP contribution in [0.2, 0.25) is 0 Å². The molecule has 1 aromatic carbocycles. The predicted octanol–water partition coefficient (Wildman–Crippen LogP) is 1.42. The summed E-state index contributed by atoms with van der Waals surface area (Å²) in [5.41, 5.74) is 0.710. The van der Waals surface area contributed by atoms with E-state index in [1.165, 1.54) is 0 Å². The molecule has 2 N–H and O–H groups in total. The van der Waals surface area contributed by atoms with Crippen LogP contribution in [0, 0.1) is 6.04 Å². The lowest BCUT2D eigenvalue weighted by atomic mass is 10.1. The first-order valence-corrected chi connectivity index (χ1v) is 4.09. The molecule has 0 fully saturated rings. The zero-order valence-corrected chi connectivity index (χ0v) is 7.43. The Morgan fingerprint density at radius 2 is 2.00 bits per heavy atom. The molecule has 0 heterocycles. The number of hydrogen-bond acceptors (Lipinski definition) is 2. The van der Waals surface area contributed by atoms with E-state index in [4.69, 9.17) is 5.11 Å². The number of nitrogens with one attached hydrogen (secondary N) is 1. The van der Waals surface area contributed by atoms with Crippen LogP contribution in [0.4, 0.5) is 4.79 Å². The van der Waals surface area contributed by atoms with Crippen LogP contribution in [-0.4, -0.2) is 17.5 Å². The molecule has 0 aliphatic carbocycles. The van der Waals surface area contributed by atoms with Gasteiger partial charge in [-0.25, -0.2) is 4.79 Å². The number of aldehydes is 1. The van der Waals surface area contributed by atoms with Gasteiger partial charge in [-0.1, -0.05) is 30.3 Å². The Morgan fingerprint density at radius 1 is 1.36 bits per heavy atom. The van der Waals surface area contributed by atoms with E-state index in [9.17, 15) is 9.59 Å². The highest BCUT2D eigenvalue weighted by Gasteiger charge is 2.13. The zero-order valence-electron chi connectivity index (χ0n) is 7.43. The Kier molecular flexibility index (Phi) is 3.67. The summed E-state index contributed by atoms with van der Waals surface area (Å²) in [4.78, 5) is 20.7. The summed E-state index contributed by atoms with van der Waals surface area (Å²) in [5, 5.41) is 10.7. The number of hydrogen-bond donors (Lipinski definition) is 2. The lowest BCUT2D eigenvalue weighted by Crippen LogP contribution is -2.27. The van der Waals surface area contributed by atoms with Gasteiger partial charge in [-0.2, -0.15) is 0 Å². The van der Waals surface area contributed by atoms with Gasteiger partial charge < -0.3 is 15.2 Å². The van der Waals surface area contributed by atoms with Crippen LogP contribution in [0.5, 0.6) is 0 Å². The lowest BCUT2D eigenvalue weighted by Gasteiger charge is -2.12. The van der Waals surface area contributed by atoms with E-state index < -0.39 is 6.09 Å². The average Bonchev–Trinajstić information content (AvgIpc) is 2.18. The van der Waals surface area contributed by atoms with E-state index in [-0.39, 0.29) is 6.42 Å². The molecule has 0 aliphatic rings. The average molecular weight is 192 g/mol. The monoisotopic (exact) mass is 192 g/mol. The molecule has 4 nitrogen and oxygen atoms in total. The van der Waals surface area contributed by atoms with Gasteiger partial charge in [0.25, 0.3) is 0 Å². The molecule has 4 heteroatoms. The first-order chi connectivity index (χ1) is 6.74. The molecule has 1 rings (SSSR count). The van der Waals surface area contributed by atoms with Gasteiger partial charge in [-0.05, 0) is 5.56 Å². The molecular formula is C10H10NO3. The van der Waals surface area contributed by atoms with Crippen LogP contribution in [0.25, 0.3) is 0 Å². The number of carbonyl (C=O) groups excluding carboxylic acids is 1. The maximum atomic E-state index is 10.4. The highest BCUT2D eigenvalue weighted by Crippen LogP contribution is 2.13. The van der Waals surface area contributed by atoms with E-state index >= 15 is 0 Å². The van der Waals surface area contributed by atoms with Crippen LogP contribution in [0.15, 0.2) is 30.3 Å². The van der Waals surface area contributed by atoms with Crippen molar-refractivity contribution in [3.05, 3.63) is 41.9 Å². The second-order valence-corrected chi connectivity index (χ2v) is 2.65. The highest BCUT2D eigenvalue weighted by molar-refractivity contribution is 5.69. The van der Waals surface area contributed by atoms with Gasteiger partial charge >= 0.3 is 6.09 Å². The van der Waals surface area contributed by atoms with Gasteiger partial charge in [0, 0.05) is 6.42 Å². The van der Waals surface area contributed by atoms with Crippen LogP contribution in [0.3, 0.4) is 0 Å². The van der Waals surface area contributed by atoms with Gasteiger partial charge in [-0.15, -0.1) is 0 Å². The minimum atomic E-state index is -1.16. The molecule has 14 heavy (non-hydrogen) atoms. The van der Waals surface area contributed by atoms with E-state index in [2.05, 4.69) is 5.32 Å². The molecule has 0 bridgehead atoms. The fourth-order valence-corrected chi connectivity index (χ4v) is 1.09. The number of amides is 1. The number of rotatable bonds is 4. The summed E-state index contributed by atoms with van der Waals surface area (Å²) < 4.78 is 0. The van der Waals surface area contributed by atoms with Crippen LogP contribution < -0.4 is 5.32 Å². The lowest BCUT2D eigenvalue weighted by molar-refractivity contribution is -0.107. The molecule has 1 radical (unpaired) electrons. The summed E-state index contributed by atoms with van der Waals surface area (Å²) in [7, 11) is 0. The fraction of sp³-hybridized carbons (Fsp3) is 0.100. The largest absolute Gasteiger partial charge is 0.465 e. The van der Waals surface area contributed by atoms with E-state index in [0.717, 1.165) is 0 Å². The quantitative estimate of drug-likeness (QED) is 0.709. The van der Waals surface area contributed by atoms with Crippen molar-refractivity contribution in [3.8, 4) is 0 Å². The highest BCUT2D eigenvalue weighted by atomic mass is 16.4. The maximum Gasteiger partial charge on any atom is 0.405 e. The molecular weight excluding hydrogens is 182 g/mol. The van der Waals surface area contributed by atoms with Crippen molar-refractivity contribution in [3.63, 3.8) is 0 Å². The predicted molar refractivity (Wildman–Crippen MR) is 50.6 cm³/mol. The normalized spacial score (nSPS) is 9.79. The molecule has 0 aliphatic heterocycles. The van der Waals surface area contributed by atoms with Crippen molar-refractivity contribution >= 4 is 12.4 Å². The molecule has 1 amide bonds. The Labute approximate surface area is 81.6 Å². The van der Waals surface area contributed by atoms with Gasteiger partial charge in [0.2, 0.25) is 0 Å². The first kappa shape index (κ1) is 10.2. The van der Waals surface area contributed by atoms with Gasteiger partial charge in [0.1, 0.15) is 12.3 Å². The molecule has 0 spiro atoms. The summed E-state index contributed by atoms with van der Waals surface area (Å²) in [5.74, 6) is 0. The third-order valence-corrected chi connectivity index (χ3v) is 1.67. The summed E-state index contributed by atoms with van der Waals surface area (Å²) in [6.07, 6.45) is -0.431. The minimum Gasteiger partial charge on any atom is -0.465 e. The van der Waals surface area contributed by atoms with E-state index in [0.29, 0.717) is 17.9 Å². The van der Waals surface area contributed by atoms with Crippen molar-refractivity contribution in [2.75, 3.05) is 0 Å². The molecule has 73 valence electrons. The molecule has 0 aromatic heterocycles. The molecule has 0 unspecified atom stereocenters. The van der Waals surface area contributed by atoms with Gasteiger partial charge in [0.05, 0.1) is 0 Å². The zero-order chi connectivity index (χ0) is 10.4. The number of carbonyl (C=O) groups is 2. The Balaban J connectivity index is 2.77. The third-order valence-electron chi connectivity index (χ3n) is 1.67. The Hall–Kier alpha value is -1.84. The van der Waals surface area contributed by atoms with Gasteiger partial charge in [-0.3, -0.25) is 0 Å². The minimum absolute atomic E-state index is 0.0658. The summed E-state index contributed by atoms with van der Waals surface area (Å²) in [6, 6.07) is 9.27. The topological polar surface area (TPSA) is 66.4 Å². The van der Waals surface area contributed by atoms with Crippen molar-refractivity contribution in [1.29, 1.82) is 0 Å². The Bertz CT molecular complexity index is 310. The van der Waals surface area contributed by atoms with Crippen molar-refractivity contribution in [2.45, 2.75) is 6.42 Å². The molecule has 0 saturated carbocycles. The molecule has 0 saturated heterocycles. The SMILES string of the molecule is O=CC[C](NC(=O)O)c1ccccc1. The summed E-state index contributed by atoms with van der Waals surface area (Å²) >= 11 is 0. The number of benzene rings is 1. The standard InChI is InChI=1S/C10H10NO3/c12-7-6-9(11-10(13)14)8-4-2-1-3-5-8/h1-5,7,11H,6H2,(H,13,14). The van der Waals surface area contributed by atoms with Crippen LogP contribution in [0.1, 0.15) is 12.0 Å². The van der Waals surface area contributed by atoms with Crippen LogP contribution in [-0.2, 0) is 4.79 Å². The van der Waals surface area contributed by atoms with E-state index in [1.807, 2.05) is 6.07 Å². The van der Waals surface area contributed by atoms with Crippen LogP contribution >= 0.6 is 0 Å². The van der Waals surface area contributed by atoms with Crippen molar-refractivity contribution < 1.29 is 14.7 Å². The maximum absolute atomic E-state index is 10.4. The number of carboxylic acid groups (broad SMARTS) is 1. The fourth-order valence-electron chi connectivity index (χ4n) is 1.09. The molecule has 1 aromatic rings. The van der Waals surface area contributed by atoms with Crippen molar-refractivity contribution in [2.24, 2.45) is 0 Å². The first-order valence-electron chi connectivity index (χ1n) is 4.09. The van der Waals surface area contributed by atoms with Gasteiger partial charge in [0.15, 0.2) is 0 Å². The molecule has 0 atom stereocenters. The second-order valence-electron chi connectivity index (χ2n) is 2.65. The second kappa shape index (κ2) is 5.01. The Morgan fingerprint density at radius 3 is 2.50 bits per heavy atom. The van der Waals surface area contributed by atoms with E-state index in [1.54, 1.807) is 24.3 Å².